The van der Waals surface area contributed by atoms with Crippen molar-refractivity contribution in [1.82, 2.24) is 5.32 Å². The largest absolute Gasteiger partial charge is 0.490 e. The van der Waals surface area contributed by atoms with Gasteiger partial charge in [-0.3, -0.25) is 0 Å². The quantitative estimate of drug-likeness (QED) is 0.875. The van der Waals surface area contributed by atoms with Gasteiger partial charge in [-0.15, -0.1) is 0 Å². The molecule has 0 radical (unpaired) electrons. The van der Waals surface area contributed by atoms with E-state index in [0.717, 1.165) is 30.0 Å². The maximum atomic E-state index is 10.5. The predicted octanol–water partition coefficient (Wildman–Crippen LogP) is 2.13. The van der Waals surface area contributed by atoms with Gasteiger partial charge in [-0.2, -0.15) is 0 Å². The summed E-state index contributed by atoms with van der Waals surface area (Å²) in [4.78, 5) is 0. The molecule has 1 aliphatic rings. The Morgan fingerprint density at radius 3 is 2.63 bits per heavy atom. The molecule has 0 spiro atoms. The topological polar surface area (TPSA) is 50.7 Å². The molecule has 0 saturated heterocycles. The van der Waals surface area contributed by atoms with Crippen molar-refractivity contribution in [2.24, 2.45) is 5.41 Å². The fraction of sp³-hybridized carbons (Fsp3) is 0.600. The predicted molar refractivity (Wildman–Crippen MR) is 74.7 cm³/mol. The molecular formula is C15H23NO3. The molecule has 1 heterocycles. The third-order valence-corrected chi connectivity index (χ3v) is 3.46. The first kappa shape index (κ1) is 14.2. The molecule has 4 heteroatoms. The molecule has 1 unspecified atom stereocenters. The maximum absolute atomic E-state index is 10.5. The summed E-state index contributed by atoms with van der Waals surface area (Å²) in [6.45, 7) is 6.16. The molecule has 19 heavy (non-hydrogen) atoms. The molecule has 0 aliphatic carbocycles. The molecule has 2 rings (SSSR count). The van der Waals surface area contributed by atoms with Gasteiger partial charge in [0.15, 0.2) is 11.5 Å². The monoisotopic (exact) mass is 265 g/mol. The highest BCUT2D eigenvalue weighted by Gasteiger charge is 2.29. The van der Waals surface area contributed by atoms with Crippen LogP contribution in [0.3, 0.4) is 0 Å². The zero-order valence-electron chi connectivity index (χ0n) is 11.9. The first-order valence-corrected chi connectivity index (χ1v) is 6.77. The molecule has 106 valence electrons. The summed E-state index contributed by atoms with van der Waals surface area (Å²) >= 11 is 0. The summed E-state index contributed by atoms with van der Waals surface area (Å²) in [5, 5.41) is 13.6. The molecule has 1 aliphatic heterocycles. The van der Waals surface area contributed by atoms with Crippen molar-refractivity contribution >= 4 is 0 Å². The van der Waals surface area contributed by atoms with Gasteiger partial charge in [0.2, 0.25) is 0 Å². The Labute approximate surface area is 114 Å². The van der Waals surface area contributed by atoms with Crippen LogP contribution in [0.2, 0.25) is 0 Å². The molecule has 0 bridgehead atoms. The number of fused-ring (bicyclic) bond motifs is 1. The summed E-state index contributed by atoms with van der Waals surface area (Å²) in [6.07, 6.45) is 0.342. The van der Waals surface area contributed by atoms with Crippen molar-refractivity contribution in [3.8, 4) is 11.5 Å². The van der Waals surface area contributed by atoms with Crippen LogP contribution in [0, 0.1) is 5.41 Å². The number of hydrogen-bond donors (Lipinski definition) is 2. The second-order valence-electron chi connectivity index (χ2n) is 5.68. The first-order valence-electron chi connectivity index (χ1n) is 6.77. The lowest BCUT2D eigenvalue weighted by Crippen LogP contribution is -2.32. The van der Waals surface area contributed by atoms with Crippen molar-refractivity contribution in [3.63, 3.8) is 0 Å². The molecule has 0 saturated carbocycles. The summed E-state index contributed by atoms with van der Waals surface area (Å²) < 4.78 is 11.3. The Morgan fingerprint density at radius 2 is 1.95 bits per heavy atom. The summed E-state index contributed by atoms with van der Waals surface area (Å²) in [5.41, 5.74) is 0.624. The van der Waals surface area contributed by atoms with Crippen LogP contribution in [-0.4, -0.2) is 31.9 Å². The van der Waals surface area contributed by atoms with Crippen molar-refractivity contribution < 1.29 is 14.6 Å². The van der Waals surface area contributed by atoms with Crippen LogP contribution in [0.1, 0.15) is 31.9 Å². The Bertz CT molecular complexity index is 431. The fourth-order valence-corrected chi connectivity index (χ4v) is 2.35. The summed E-state index contributed by atoms with van der Waals surface area (Å²) in [5.74, 6) is 1.49. The highest BCUT2D eigenvalue weighted by atomic mass is 16.5. The van der Waals surface area contributed by atoms with E-state index in [1.807, 2.05) is 39.1 Å². The third kappa shape index (κ3) is 3.19. The average molecular weight is 265 g/mol. The summed E-state index contributed by atoms with van der Waals surface area (Å²) in [6, 6.07) is 5.69. The van der Waals surface area contributed by atoms with E-state index in [2.05, 4.69) is 5.32 Å². The number of hydrogen-bond acceptors (Lipinski definition) is 4. The lowest BCUT2D eigenvalue weighted by Gasteiger charge is -2.31. The Balaban J connectivity index is 2.23. The minimum Gasteiger partial charge on any atom is -0.490 e. The molecule has 1 aromatic carbocycles. The Morgan fingerprint density at radius 1 is 1.26 bits per heavy atom. The maximum Gasteiger partial charge on any atom is 0.161 e. The van der Waals surface area contributed by atoms with Crippen LogP contribution in [0.4, 0.5) is 0 Å². The van der Waals surface area contributed by atoms with Gasteiger partial charge >= 0.3 is 0 Å². The Hall–Kier alpha value is -1.26. The van der Waals surface area contributed by atoms with E-state index in [4.69, 9.17) is 9.47 Å². The standard InChI is InChI=1S/C15H23NO3/c1-15(2,10-16-3)14(17)11-5-6-12-13(9-11)19-8-4-7-18-12/h5-6,9,14,16-17H,4,7-8,10H2,1-3H3. The molecule has 1 aromatic rings. The van der Waals surface area contributed by atoms with Crippen LogP contribution in [-0.2, 0) is 0 Å². The average Bonchev–Trinajstić information content (AvgIpc) is 2.61. The normalized spacial score (nSPS) is 16.8. The van der Waals surface area contributed by atoms with Gasteiger partial charge < -0.3 is 19.9 Å². The molecule has 0 aromatic heterocycles. The van der Waals surface area contributed by atoms with Gasteiger partial charge in [0.1, 0.15) is 0 Å². The van der Waals surface area contributed by atoms with E-state index in [1.165, 1.54) is 0 Å². The molecule has 4 nitrogen and oxygen atoms in total. The molecular weight excluding hydrogens is 242 g/mol. The van der Waals surface area contributed by atoms with Gasteiger partial charge in [0, 0.05) is 18.4 Å². The van der Waals surface area contributed by atoms with Crippen LogP contribution in [0.15, 0.2) is 18.2 Å². The number of ether oxygens (including phenoxy) is 2. The number of benzene rings is 1. The van der Waals surface area contributed by atoms with Crippen molar-refractivity contribution in [1.29, 1.82) is 0 Å². The third-order valence-electron chi connectivity index (χ3n) is 3.46. The molecule has 2 N–H and O–H groups in total. The number of aliphatic hydroxyl groups is 1. The van der Waals surface area contributed by atoms with Gasteiger partial charge in [-0.25, -0.2) is 0 Å². The minimum atomic E-state index is -0.544. The second kappa shape index (κ2) is 5.80. The van der Waals surface area contributed by atoms with Crippen molar-refractivity contribution in [3.05, 3.63) is 23.8 Å². The minimum absolute atomic E-state index is 0.241. The van der Waals surface area contributed by atoms with Crippen LogP contribution < -0.4 is 14.8 Å². The number of rotatable bonds is 4. The highest BCUT2D eigenvalue weighted by Crippen LogP contribution is 2.37. The van der Waals surface area contributed by atoms with Gasteiger partial charge in [-0.05, 0) is 24.7 Å². The number of aliphatic hydroxyl groups excluding tert-OH is 1. The van der Waals surface area contributed by atoms with E-state index in [-0.39, 0.29) is 5.41 Å². The van der Waals surface area contributed by atoms with Crippen molar-refractivity contribution in [2.45, 2.75) is 26.4 Å². The lowest BCUT2D eigenvalue weighted by atomic mass is 9.82. The highest BCUT2D eigenvalue weighted by molar-refractivity contribution is 5.44. The van der Waals surface area contributed by atoms with Crippen LogP contribution in [0.5, 0.6) is 11.5 Å². The van der Waals surface area contributed by atoms with E-state index in [1.54, 1.807) is 0 Å². The van der Waals surface area contributed by atoms with Gasteiger partial charge in [0.25, 0.3) is 0 Å². The van der Waals surface area contributed by atoms with E-state index in [9.17, 15) is 5.11 Å². The van der Waals surface area contributed by atoms with Crippen LogP contribution in [0.25, 0.3) is 0 Å². The first-order chi connectivity index (χ1) is 9.04. The SMILES string of the molecule is CNCC(C)(C)C(O)c1ccc2c(c1)OCCCO2. The van der Waals surface area contributed by atoms with E-state index in [0.29, 0.717) is 13.2 Å². The molecule has 1 atom stereocenters. The van der Waals surface area contributed by atoms with E-state index < -0.39 is 6.10 Å². The molecule has 0 fully saturated rings. The zero-order valence-corrected chi connectivity index (χ0v) is 11.9. The summed E-state index contributed by atoms with van der Waals surface area (Å²) in [7, 11) is 1.89. The van der Waals surface area contributed by atoms with Gasteiger partial charge in [0.05, 0.1) is 19.3 Å². The van der Waals surface area contributed by atoms with E-state index >= 15 is 0 Å². The zero-order chi connectivity index (χ0) is 13.9. The number of nitrogens with one attached hydrogen (secondary N) is 1. The Kier molecular flexibility index (Phi) is 4.32. The van der Waals surface area contributed by atoms with Crippen LogP contribution >= 0.6 is 0 Å². The molecule has 0 amide bonds. The smallest absolute Gasteiger partial charge is 0.161 e. The van der Waals surface area contributed by atoms with Gasteiger partial charge in [-0.1, -0.05) is 19.9 Å². The lowest BCUT2D eigenvalue weighted by molar-refractivity contribution is 0.0504. The van der Waals surface area contributed by atoms with Crippen molar-refractivity contribution in [2.75, 3.05) is 26.8 Å². The fourth-order valence-electron chi connectivity index (χ4n) is 2.35. The second-order valence-corrected chi connectivity index (χ2v) is 5.68.